The van der Waals surface area contributed by atoms with Gasteiger partial charge in [-0.25, -0.2) is 8.78 Å². The van der Waals surface area contributed by atoms with E-state index in [2.05, 4.69) is 10.1 Å². The molecule has 1 fully saturated rings. The lowest BCUT2D eigenvalue weighted by Crippen LogP contribution is -2.24. The van der Waals surface area contributed by atoms with E-state index in [0.29, 0.717) is 29.4 Å². The molecule has 0 aliphatic carbocycles. The first-order valence-corrected chi connectivity index (χ1v) is 8.21. The second kappa shape index (κ2) is 6.67. The molecule has 1 aliphatic heterocycles. The zero-order valence-corrected chi connectivity index (χ0v) is 13.7. The summed E-state index contributed by atoms with van der Waals surface area (Å²) in [7, 11) is 0. The fraction of sp³-hybridized carbons (Fsp3) is 0.211. The minimum absolute atomic E-state index is 0.0835. The van der Waals surface area contributed by atoms with Gasteiger partial charge in [-0.15, -0.1) is 0 Å². The number of nitrogens with zero attached hydrogens (tertiary/aromatic N) is 3. The van der Waals surface area contributed by atoms with Crippen LogP contribution in [0, 0.1) is 11.6 Å². The summed E-state index contributed by atoms with van der Waals surface area (Å²) in [5.41, 5.74) is 1.10. The van der Waals surface area contributed by atoms with E-state index in [1.807, 2.05) is 0 Å². The Labute approximate surface area is 148 Å². The predicted octanol–water partition coefficient (Wildman–Crippen LogP) is 3.53. The minimum atomic E-state index is -0.345. The highest BCUT2D eigenvalue weighted by molar-refractivity contribution is 5.79. The summed E-state index contributed by atoms with van der Waals surface area (Å²) in [5.74, 6) is -0.299. The van der Waals surface area contributed by atoms with Crippen LogP contribution in [0.2, 0.25) is 0 Å². The van der Waals surface area contributed by atoms with Crippen LogP contribution in [0.25, 0.3) is 11.4 Å². The number of hydrogen-bond donors (Lipinski definition) is 0. The van der Waals surface area contributed by atoms with Crippen molar-refractivity contribution >= 4 is 5.91 Å². The molecule has 1 unspecified atom stereocenters. The lowest BCUT2D eigenvalue weighted by molar-refractivity contribution is -0.128. The molecule has 1 amide bonds. The number of hydrogen-bond acceptors (Lipinski definition) is 4. The molecule has 3 aromatic rings. The molecule has 4 rings (SSSR count). The maximum atomic E-state index is 13.8. The van der Waals surface area contributed by atoms with Crippen LogP contribution >= 0.6 is 0 Å². The van der Waals surface area contributed by atoms with Gasteiger partial charge in [0.1, 0.15) is 11.6 Å². The third kappa shape index (κ3) is 3.20. The monoisotopic (exact) mass is 355 g/mol. The molecule has 1 aliphatic rings. The minimum Gasteiger partial charge on any atom is -0.339 e. The average Bonchev–Trinajstić information content (AvgIpc) is 3.25. The molecule has 1 atom stereocenters. The molecule has 7 heteroatoms. The highest BCUT2D eigenvalue weighted by Gasteiger charge is 2.34. The predicted molar refractivity (Wildman–Crippen MR) is 88.9 cm³/mol. The highest BCUT2D eigenvalue weighted by atomic mass is 19.1. The van der Waals surface area contributed by atoms with Crippen molar-refractivity contribution in [1.29, 1.82) is 0 Å². The number of likely N-dealkylation sites (tertiary alicyclic amines) is 1. The number of carbonyl (C=O) groups is 1. The van der Waals surface area contributed by atoms with Crippen LogP contribution in [0.5, 0.6) is 0 Å². The second-order valence-electron chi connectivity index (χ2n) is 6.23. The molecule has 5 nitrogen and oxygen atoms in total. The molecular formula is C19H15F2N3O2. The summed E-state index contributed by atoms with van der Waals surface area (Å²) in [6.45, 7) is 0.596. The quantitative estimate of drug-likeness (QED) is 0.718. The van der Waals surface area contributed by atoms with Crippen LogP contribution in [0.4, 0.5) is 8.78 Å². The first-order valence-electron chi connectivity index (χ1n) is 8.21. The zero-order valence-electron chi connectivity index (χ0n) is 13.7. The van der Waals surface area contributed by atoms with E-state index >= 15 is 0 Å². The van der Waals surface area contributed by atoms with Gasteiger partial charge < -0.3 is 9.42 Å². The van der Waals surface area contributed by atoms with Gasteiger partial charge in [-0.2, -0.15) is 4.98 Å². The van der Waals surface area contributed by atoms with Crippen LogP contribution in [-0.2, 0) is 11.3 Å². The van der Waals surface area contributed by atoms with E-state index in [0.717, 1.165) is 0 Å². The van der Waals surface area contributed by atoms with Crippen molar-refractivity contribution in [3.63, 3.8) is 0 Å². The fourth-order valence-corrected chi connectivity index (χ4v) is 3.04. The van der Waals surface area contributed by atoms with Gasteiger partial charge in [0.15, 0.2) is 0 Å². The van der Waals surface area contributed by atoms with E-state index in [9.17, 15) is 13.6 Å². The lowest BCUT2D eigenvalue weighted by atomic mass is 10.1. The van der Waals surface area contributed by atoms with E-state index in [-0.39, 0.29) is 36.4 Å². The van der Waals surface area contributed by atoms with E-state index in [1.165, 1.54) is 18.2 Å². The van der Waals surface area contributed by atoms with Gasteiger partial charge in [0.25, 0.3) is 0 Å². The molecule has 0 radical (unpaired) electrons. The molecular weight excluding hydrogens is 340 g/mol. The number of rotatable bonds is 4. The van der Waals surface area contributed by atoms with Crippen molar-refractivity contribution in [2.24, 2.45) is 0 Å². The average molecular weight is 355 g/mol. The van der Waals surface area contributed by atoms with Crippen molar-refractivity contribution in [1.82, 2.24) is 15.0 Å². The van der Waals surface area contributed by atoms with Gasteiger partial charge in [0, 0.05) is 30.6 Å². The molecule has 0 saturated carbocycles. The second-order valence-corrected chi connectivity index (χ2v) is 6.23. The summed E-state index contributed by atoms with van der Waals surface area (Å²) < 4.78 is 32.1. The number of halogens is 2. The van der Waals surface area contributed by atoms with Crippen molar-refractivity contribution in [2.75, 3.05) is 6.54 Å². The number of aromatic nitrogens is 2. The Morgan fingerprint density at radius 1 is 1.12 bits per heavy atom. The van der Waals surface area contributed by atoms with Crippen LogP contribution in [0.3, 0.4) is 0 Å². The summed E-state index contributed by atoms with van der Waals surface area (Å²) in [5, 5.41) is 3.91. The van der Waals surface area contributed by atoms with Crippen LogP contribution in [0.1, 0.15) is 23.8 Å². The summed E-state index contributed by atoms with van der Waals surface area (Å²) in [4.78, 5) is 18.2. The molecule has 1 saturated heterocycles. The van der Waals surface area contributed by atoms with Crippen LogP contribution in [0.15, 0.2) is 53.1 Å². The number of amides is 1. The molecule has 0 bridgehead atoms. The van der Waals surface area contributed by atoms with Gasteiger partial charge >= 0.3 is 0 Å². The third-order valence-corrected chi connectivity index (χ3v) is 4.43. The highest BCUT2D eigenvalue weighted by Crippen LogP contribution is 2.30. The normalized spacial score (nSPS) is 17.1. The Hall–Kier alpha value is -3.09. The smallest absolute Gasteiger partial charge is 0.232 e. The molecule has 26 heavy (non-hydrogen) atoms. The van der Waals surface area contributed by atoms with E-state index < -0.39 is 0 Å². The number of benzene rings is 2. The van der Waals surface area contributed by atoms with Gasteiger partial charge in [-0.3, -0.25) is 4.79 Å². The van der Waals surface area contributed by atoms with Gasteiger partial charge in [0.05, 0.1) is 5.92 Å². The van der Waals surface area contributed by atoms with E-state index in [1.54, 1.807) is 35.2 Å². The summed E-state index contributed by atoms with van der Waals surface area (Å²) >= 11 is 0. The maximum Gasteiger partial charge on any atom is 0.232 e. The molecule has 0 spiro atoms. The summed E-state index contributed by atoms with van der Waals surface area (Å²) in [6, 6.07) is 12.2. The Bertz CT molecular complexity index is 940. The van der Waals surface area contributed by atoms with E-state index in [4.69, 9.17) is 4.52 Å². The molecule has 2 heterocycles. The fourth-order valence-electron chi connectivity index (χ4n) is 3.04. The largest absolute Gasteiger partial charge is 0.339 e. The lowest BCUT2D eigenvalue weighted by Gasteiger charge is -2.16. The molecule has 1 aromatic heterocycles. The Morgan fingerprint density at radius 3 is 2.65 bits per heavy atom. The van der Waals surface area contributed by atoms with Gasteiger partial charge in [-0.1, -0.05) is 23.4 Å². The first-order chi connectivity index (χ1) is 12.6. The first kappa shape index (κ1) is 16.4. The van der Waals surface area contributed by atoms with Crippen molar-refractivity contribution in [3.8, 4) is 11.4 Å². The standard InChI is InChI=1S/C19H15F2N3O2/c20-15-7-5-12(6-8-15)18-22-19(26-23-18)14-9-17(25)24(11-14)10-13-3-1-2-4-16(13)21/h1-8,14H,9-11H2. The van der Waals surface area contributed by atoms with Crippen LogP contribution in [-0.4, -0.2) is 27.5 Å². The van der Waals surface area contributed by atoms with Crippen LogP contribution < -0.4 is 0 Å². The topological polar surface area (TPSA) is 59.2 Å². The maximum absolute atomic E-state index is 13.8. The molecule has 2 aromatic carbocycles. The van der Waals surface area contributed by atoms with Crippen molar-refractivity contribution in [3.05, 3.63) is 71.6 Å². The Morgan fingerprint density at radius 2 is 1.88 bits per heavy atom. The SMILES string of the molecule is O=C1CC(c2nc(-c3ccc(F)cc3)no2)CN1Cc1ccccc1F. The zero-order chi connectivity index (χ0) is 18.1. The third-order valence-electron chi connectivity index (χ3n) is 4.43. The van der Waals surface area contributed by atoms with Crippen molar-refractivity contribution < 1.29 is 18.1 Å². The number of carbonyl (C=O) groups excluding carboxylic acids is 1. The van der Waals surface area contributed by atoms with Gasteiger partial charge in [-0.05, 0) is 30.3 Å². The summed E-state index contributed by atoms with van der Waals surface area (Å²) in [6.07, 6.45) is 0.236. The Balaban J connectivity index is 1.49. The van der Waals surface area contributed by atoms with Gasteiger partial charge in [0.2, 0.25) is 17.6 Å². The molecule has 132 valence electrons. The molecule has 0 N–H and O–H groups in total. The Kier molecular flexibility index (Phi) is 4.20. The van der Waals surface area contributed by atoms with Crippen molar-refractivity contribution in [2.45, 2.75) is 18.9 Å².